The number of hydrogen-bond donors (Lipinski definition) is 1. The number of halogens is 1. The van der Waals surface area contributed by atoms with Crippen molar-refractivity contribution in [3.05, 3.63) is 34.7 Å². The molecule has 0 atom stereocenters. The van der Waals surface area contributed by atoms with E-state index in [1.165, 1.54) is 16.7 Å². The van der Waals surface area contributed by atoms with E-state index in [0.717, 1.165) is 18.4 Å². The first-order valence-corrected chi connectivity index (χ1v) is 10.1. The molecule has 1 saturated carbocycles. The molecule has 1 heterocycles. The van der Waals surface area contributed by atoms with Crippen LogP contribution in [0.3, 0.4) is 0 Å². The lowest BCUT2D eigenvalue weighted by Gasteiger charge is -2.20. The van der Waals surface area contributed by atoms with Crippen molar-refractivity contribution in [2.45, 2.75) is 37.8 Å². The van der Waals surface area contributed by atoms with Gasteiger partial charge in [-0.25, -0.2) is 0 Å². The first-order valence-electron chi connectivity index (χ1n) is 8.76. The number of aromatic nitrogens is 2. The minimum atomic E-state index is -0.269. The molecule has 0 bridgehead atoms. The second kappa shape index (κ2) is 8.75. The number of anilines is 1. The first kappa shape index (κ1) is 19.7. The predicted octanol–water partition coefficient (Wildman–Crippen LogP) is 3.49. The number of thioether (sulfide) groups is 1. The van der Waals surface area contributed by atoms with Crippen LogP contribution in [0.15, 0.2) is 27.8 Å². The SMILES string of the molecule is CCN(CC(=O)Nc1cc(Cl)ccc1C)C(=O)CSc1nnc(C2CC2)o1. The average molecular weight is 409 g/mol. The van der Waals surface area contributed by atoms with Gasteiger partial charge in [-0.2, -0.15) is 0 Å². The van der Waals surface area contributed by atoms with Gasteiger partial charge in [0.05, 0.1) is 12.3 Å². The van der Waals surface area contributed by atoms with Crippen LogP contribution in [0.1, 0.15) is 37.1 Å². The van der Waals surface area contributed by atoms with E-state index in [1.54, 1.807) is 12.1 Å². The second-order valence-electron chi connectivity index (χ2n) is 6.38. The summed E-state index contributed by atoms with van der Waals surface area (Å²) < 4.78 is 5.53. The Hall–Kier alpha value is -2.06. The van der Waals surface area contributed by atoms with Crippen LogP contribution in [0.5, 0.6) is 0 Å². The molecule has 2 aromatic rings. The molecule has 0 unspecified atom stereocenters. The number of nitrogens with zero attached hydrogens (tertiary/aromatic N) is 3. The van der Waals surface area contributed by atoms with Crippen molar-refractivity contribution in [3.8, 4) is 0 Å². The average Bonchev–Trinajstić information content (AvgIpc) is 3.39. The lowest BCUT2D eigenvalue weighted by molar-refractivity contribution is -0.132. The molecule has 2 amide bonds. The third-order valence-electron chi connectivity index (χ3n) is 4.21. The molecular formula is C18H21ClN4O3S. The van der Waals surface area contributed by atoms with Gasteiger partial charge in [0.1, 0.15) is 0 Å². The summed E-state index contributed by atoms with van der Waals surface area (Å²) in [5.74, 6) is 0.742. The van der Waals surface area contributed by atoms with Gasteiger partial charge >= 0.3 is 0 Å². The topological polar surface area (TPSA) is 88.3 Å². The normalized spacial score (nSPS) is 13.4. The molecule has 27 heavy (non-hydrogen) atoms. The molecule has 3 rings (SSSR count). The largest absolute Gasteiger partial charge is 0.416 e. The maximum atomic E-state index is 12.4. The van der Waals surface area contributed by atoms with Gasteiger partial charge < -0.3 is 14.6 Å². The van der Waals surface area contributed by atoms with E-state index in [2.05, 4.69) is 15.5 Å². The van der Waals surface area contributed by atoms with Gasteiger partial charge in [0, 0.05) is 23.2 Å². The summed E-state index contributed by atoms with van der Waals surface area (Å²) in [6.45, 7) is 4.11. The number of aryl methyl sites for hydroxylation is 1. The van der Waals surface area contributed by atoms with Crippen molar-refractivity contribution in [2.24, 2.45) is 0 Å². The molecule has 0 aliphatic heterocycles. The van der Waals surface area contributed by atoms with Gasteiger partial charge in [-0.3, -0.25) is 9.59 Å². The molecule has 0 radical (unpaired) electrons. The first-order chi connectivity index (χ1) is 13.0. The van der Waals surface area contributed by atoms with Crippen LogP contribution >= 0.6 is 23.4 Å². The molecule has 1 N–H and O–H groups in total. The lowest BCUT2D eigenvalue weighted by Crippen LogP contribution is -2.38. The van der Waals surface area contributed by atoms with Gasteiger partial charge in [-0.1, -0.05) is 29.4 Å². The molecule has 0 spiro atoms. The Morgan fingerprint density at radius 3 is 2.85 bits per heavy atom. The fraction of sp³-hybridized carbons (Fsp3) is 0.444. The van der Waals surface area contributed by atoms with Gasteiger partial charge in [0.25, 0.3) is 5.22 Å². The maximum Gasteiger partial charge on any atom is 0.277 e. The van der Waals surface area contributed by atoms with Crippen LogP contribution in [-0.4, -0.2) is 45.8 Å². The van der Waals surface area contributed by atoms with Crippen molar-refractivity contribution in [1.82, 2.24) is 15.1 Å². The molecule has 1 aromatic heterocycles. The summed E-state index contributed by atoms with van der Waals surface area (Å²) in [6, 6.07) is 5.28. The third kappa shape index (κ3) is 5.46. The van der Waals surface area contributed by atoms with Crippen molar-refractivity contribution in [2.75, 3.05) is 24.2 Å². The molecule has 1 fully saturated rings. The number of carbonyl (C=O) groups is 2. The molecule has 144 valence electrons. The fourth-order valence-corrected chi connectivity index (χ4v) is 3.30. The molecular weight excluding hydrogens is 388 g/mol. The Morgan fingerprint density at radius 2 is 2.15 bits per heavy atom. The molecule has 1 aliphatic rings. The van der Waals surface area contributed by atoms with Gasteiger partial charge in [-0.05, 0) is 44.4 Å². The quantitative estimate of drug-likeness (QED) is 0.672. The third-order valence-corrected chi connectivity index (χ3v) is 5.25. The number of carbonyl (C=O) groups excluding carboxylic acids is 2. The highest BCUT2D eigenvalue weighted by Gasteiger charge is 2.29. The molecule has 9 heteroatoms. The van der Waals surface area contributed by atoms with E-state index >= 15 is 0 Å². The van der Waals surface area contributed by atoms with E-state index in [1.807, 2.05) is 19.9 Å². The van der Waals surface area contributed by atoms with Gasteiger partial charge in [0.2, 0.25) is 17.7 Å². The summed E-state index contributed by atoms with van der Waals surface area (Å²) in [7, 11) is 0. The Balaban J connectivity index is 1.51. The Kier molecular flexibility index (Phi) is 6.38. The lowest BCUT2D eigenvalue weighted by atomic mass is 10.2. The summed E-state index contributed by atoms with van der Waals surface area (Å²) >= 11 is 7.16. The van der Waals surface area contributed by atoms with Crippen LogP contribution in [0.25, 0.3) is 0 Å². The van der Waals surface area contributed by atoms with Crippen LogP contribution in [-0.2, 0) is 9.59 Å². The summed E-state index contributed by atoms with van der Waals surface area (Å²) in [5, 5.41) is 11.7. The number of hydrogen-bond acceptors (Lipinski definition) is 6. The van der Waals surface area contributed by atoms with Crippen LogP contribution < -0.4 is 5.32 Å². The van der Waals surface area contributed by atoms with Gasteiger partial charge in [-0.15, -0.1) is 10.2 Å². The van der Waals surface area contributed by atoms with Gasteiger partial charge in [0.15, 0.2) is 0 Å². The fourth-order valence-electron chi connectivity index (χ4n) is 2.46. The summed E-state index contributed by atoms with van der Waals surface area (Å²) in [5.41, 5.74) is 1.55. The van der Waals surface area contributed by atoms with Crippen molar-refractivity contribution < 1.29 is 14.0 Å². The van der Waals surface area contributed by atoms with E-state index in [-0.39, 0.29) is 24.1 Å². The van der Waals surface area contributed by atoms with E-state index in [9.17, 15) is 9.59 Å². The van der Waals surface area contributed by atoms with E-state index in [4.69, 9.17) is 16.0 Å². The molecule has 0 saturated heterocycles. The number of benzene rings is 1. The minimum Gasteiger partial charge on any atom is -0.416 e. The second-order valence-corrected chi connectivity index (χ2v) is 7.75. The Bertz CT molecular complexity index is 838. The predicted molar refractivity (Wildman–Crippen MR) is 104 cm³/mol. The molecule has 7 nitrogen and oxygen atoms in total. The highest BCUT2D eigenvalue weighted by Crippen LogP contribution is 2.39. The number of rotatable bonds is 8. The summed E-state index contributed by atoms with van der Waals surface area (Å²) in [4.78, 5) is 26.2. The minimum absolute atomic E-state index is 0.0288. The highest BCUT2D eigenvalue weighted by atomic mass is 35.5. The van der Waals surface area contributed by atoms with Crippen molar-refractivity contribution >= 4 is 40.9 Å². The maximum absolute atomic E-state index is 12.4. The highest BCUT2D eigenvalue weighted by molar-refractivity contribution is 7.99. The standard InChI is InChI=1S/C18H21ClN4O3S/c1-3-23(9-15(24)20-14-8-13(19)7-4-11(14)2)16(25)10-27-18-22-21-17(26-18)12-5-6-12/h4,7-8,12H,3,5-6,9-10H2,1-2H3,(H,20,24). The monoisotopic (exact) mass is 408 g/mol. The molecule has 1 aliphatic carbocycles. The Morgan fingerprint density at radius 1 is 1.37 bits per heavy atom. The van der Waals surface area contributed by atoms with Crippen LogP contribution in [0, 0.1) is 6.92 Å². The van der Waals surface area contributed by atoms with Crippen molar-refractivity contribution in [1.29, 1.82) is 0 Å². The van der Waals surface area contributed by atoms with Crippen LogP contribution in [0.4, 0.5) is 5.69 Å². The molecule has 1 aromatic carbocycles. The van der Waals surface area contributed by atoms with E-state index < -0.39 is 0 Å². The zero-order chi connectivity index (χ0) is 19.4. The Labute approximate surface area is 166 Å². The number of likely N-dealkylation sites (N-methyl/N-ethyl adjacent to an activating group) is 1. The van der Waals surface area contributed by atoms with Crippen molar-refractivity contribution in [3.63, 3.8) is 0 Å². The van der Waals surface area contributed by atoms with E-state index in [0.29, 0.717) is 34.3 Å². The summed E-state index contributed by atoms with van der Waals surface area (Å²) in [6.07, 6.45) is 2.16. The number of nitrogens with one attached hydrogen (secondary N) is 1. The smallest absolute Gasteiger partial charge is 0.277 e. The zero-order valence-corrected chi connectivity index (χ0v) is 16.8. The zero-order valence-electron chi connectivity index (χ0n) is 15.2. The van der Waals surface area contributed by atoms with Crippen LogP contribution in [0.2, 0.25) is 5.02 Å². The number of amides is 2.